The number of nitrogens with zero attached hydrogens (tertiary/aromatic N) is 6. The molecular weight excluding hydrogens is 322 g/mol. The molecule has 2 aromatic heterocycles. The number of nitrogens with one attached hydrogen (secondary N) is 1. The van der Waals surface area contributed by atoms with Gasteiger partial charge in [0.25, 0.3) is 0 Å². The SMILES string of the molecule is Cc1ncsc1CCN(C)C(=O)NCCSc1nnnn1C. The summed E-state index contributed by atoms with van der Waals surface area (Å²) >= 11 is 3.14. The summed E-state index contributed by atoms with van der Waals surface area (Å²) in [5.41, 5.74) is 2.89. The summed E-state index contributed by atoms with van der Waals surface area (Å²) in [7, 11) is 3.58. The number of hydrogen-bond acceptors (Lipinski definition) is 7. The van der Waals surface area contributed by atoms with Gasteiger partial charge < -0.3 is 10.2 Å². The number of hydrogen-bond donors (Lipinski definition) is 1. The van der Waals surface area contributed by atoms with Crippen LogP contribution in [0.25, 0.3) is 0 Å². The zero-order valence-corrected chi connectivity index (χ0v) is 14.4. The number of aromatic nitrogens is 5. The Labute approximate surface area is 137 Å². The Morgan fingerprint density at radius 3 is 3.00 bits per heavy atom. The molecule has 0 spiro atoms. The van der Waals surface area contributed by atoms with Crippen LogP contribution in [0.2, 0.25) is 0 Å². The van der Waals surface area contributed by atoms with Gasteiger partial charge >= 0.3 is 6.03 Å². The van der Waals surface area contributed by atoms with Crippen LogP contribution < -0.4 is 5.32 Å². The molecule has 0 aliphatic rings. The van der Waals surface area contributed by atoms with Crippen molar-refractivity contribution in [1.29, 1.82) is 0 Å². The first-order valence-electron chi connectivity index (χ1n) is 6.81. The minimum atomic E-state index is -0.0705. The van der Waals surface area contributed by atoms with Crippen LogP contribution in [0, 0.1) is 6.92 Å². The summed E-state index contributed by atoms with van der Waals surface area (Å²) in [6.45, 7) is 3.24. The maximum Gasteiger partial charge on any atom is 0.317 e. The number of carbonyl (C=O) groups excluding carboxylic acids is 1. The van der Waals surface area contributed by atoms with E-state index < -0.39 is 0 Å². The van der Waals surface area contributed by atoms with Crippen molar-refractivity contribution in [2.24, 2.45) is 7.05 Å². The number of tetrazole rings is 1. The average molecular weight is 341 g/mol. The zero-order valence-electron chi connectivity index (χ0n) is 12.8. The minimum Gasteiger partial charge on any atom is -0.337 e. The molecule has 2 heterocycles. The van der Waals surface area contributed by atoms with Crippen LogP contribution in [0.1, 0.15) is 10.6 Å². The van der Waals surface area contributed by atoms with Crippen molar-refractivity contribution in [3.63, 3.8) is 0 Å². The van der Waals surface area contributed by atoms with E-state index in [1.807, 2.05) is 12.4 Å². The molecule has 0 bridgehead atoms. The number of carbonyl (C=O) groups is 1. The maximum atomic E-state index is 12.0. The van der Waals surface area contributed by atoms with Gasteiger partial charge in [-0.15, -0.1) is 16.4 Å². The highest BCUT2D eigenvalue weighted by molar-refractivity contribution is 7.99. The molecule has 120 valence electrons. The molecular formula is C12H19N7OS2. The van der Waals surface area contributed by atoms with Crippen LogP contribution in [0.5, 0.6) is 0 Å². The lowest BCUT2D eigenvalue weighted by atomic mass is 10.3. The Bertz CT molecular complexity index is 612. The highest BCUT2D eigenvalue weighted by Crippen LogP contribution is 2.13. The first kappa shape index (κ1) is 16.7. The molecule has 0 aliphatic heterocycles. The van der Waals surface area contributed by atoms with E-state index in [2.05, 4.69) is 25.8 Å². The van der Waals surface area contributed by atoms with Gasteiger partial charge in [-0.05, 0) is 17.4 Å². The second-order valence-corrected chi connectivity index (χ2v) is 6.70. The highest BCUT2D eigenvalue weighted by atomic mass is 32.2. The molecule has 0 unspecified atom stereocenters. The van der Waals surface area contributed by atoms with Gasteiger partial charge in [0, 0.05) is 44.2 Å². The van der Waals surface area contributed by atoms with E-state index >= 15 is 0 Å². The fraction of sp³-hybridized carbons (Fsp3) is 0.583. The van der Waals surface area contributed by atoms with Gasteiger partial charge in [0.2, 0.25) is 5.16 Å². The largest absolute Gasteiger partial charge is 0.337 e. The number of amides is 2. The van der Waals surface area contributed by atoms with Crippen LogP contribution in [0.3, 0.4) is 0 Å². The van der Waals surface area contributed by atoms with Gasteiger partial charge in [-0.3, -0.25) is 0 Å². The number of rotatable bonds is 7. The molecule has 0 aromatic carbocycles. The lowest BCUT2D eigenvalue weighted by Crippen LogP contribution is -2.39. The standard InChI is InChI=1S/C12H19N7OS2/c1-9-10(22-8-14-9)4-6-18(2)11(20)13-5-7-21-12-15-16-17-19(12)3/h8H,4-7H2,1-3H3,(H,13,20). The summed E-state index contributed by atoms with van der Waals surface area (Å²) in [6.07, 6.45) is 0.833. The minimum absolute atomic E-state index is 0.0705. The molecule has 1 N–H and O–H groups in total. The Balaban J connectivity index is 1.64. The third kappa shape index (κ3) is 4.67. The van der Waals surface area contributed by atoms with Gasteiger partial charge in [-0.2, -0.15) is 0 Å². The van der Waals surface area contributed by atoms with Crippen molar-refractivity contribution in [1.82, 2.24) is 35.4 Å². The van der Waals surface area contributed by atoms with Crippen molar-refractivity contribution in [3.05, 3.63) is 16.1 Å². The van der Waals surface area contributed by atoms with Crippen molar-refractivity contribution in [3.8, 4) is 0 Å². The van der Waals surface area contributed by atoms with Crippen molar-refractivity contribution in [2.75, 3.05) is 25.9 Å². The van der Waals surface area contributed by atoms with Crippen LogP contribution in [0.15, 0.2) is 10.7 Å². The van der Waals surface area contributed by atoms with Gasteiger partial charge in [-0.1, -0.05) is 11.8 Å². The topological polar surface area (TPSA) is 88.8 Å². The number of urea groups is 1. The Kier molecular flexibility index (Phi) is 6.13. The molecule has 0 saturated heterocycles. The molecule has 0 atom stereocenters. The highest BCUT2D eigenvalue weighted by Gasteiger charge is 2.10. The molecule has 8 nitrogen and oxygen atoms in total. The van der Waals surface area contributed by atoms with Gasteiger partial charge in [0.05, 0.1) is 11.2 Å². The Hall–Kier alpha value is -1.68. The molecule has 2 aromatic rings. The number of thioether (sulfide) groups is 1. The van der Waals surface area contributed by atoms with E-state index in [1.165, 1.54) is 16.6 Å². The third-order valence-electron chi connectivity index (χ3n) is 3.06. The van der Waals surface area contributed by atoms with Crippen LogP contribution in [0.4, 0.5) is 4.79 Å². The number of thiazole rings is 1. The Morgan fingerprint density at radius 2 is 2.36 bits per heavy atom. The predicted molar refractivity (Wildman–Crippen MR) is 86.1 cm³/mol. The van der Waals surface area contributed by atoms with Gasteiger partial charge in [0.1, 0.15) is 0 Å². The van der Waals surface area contributed by atoms with Crippen molar-refractivity contribution < 1.29 is 4.79 Å². The van der Waals surface area contributed by atoms with E-state index in [4.69, 9.17) is 0 Å². The van der Waals surface area contributed by atoms with Crippen LogP contribution >= 0.6 is 23.1 Å². The normalized spacial score (nSPS) is 10.7. The second kappa shape index (κ2) is 8.08. The molecule has 0 saturated carbocycles. The smallest absolute Gasteiger partial charge is 0.317 e. The van der Waals surface area contributed by atoms with E-state index in [0.29, 0.717) is 13.1 Å². The molecule has 22 heavy (non-hydrogen) atoms. The van der Waals surface area contributed by atoms with E-state index in [9.17, 15) is 4.79 Å². The fourth-order valence-corrected chi connectivity index (χ4v) is 3.19. The van der Waals surface area contributed by atoms with Crippen molar-refractivity contribution in [2.45, 2.75) is 18.5 Å². The Morgan fingerprint density at radius 1 is 1.55 bits per heavy atom. The average Bonchev–Trinajstić information content (AvgIpc) is 3.09. The third-order valence-corrected chi connectivity index (χ3v) is 5.06. The molecule has 0 fully saturated rings. The summed E-state index contributed by atoms with van der Waals surface area (Å²) in [5.74, 6) is 0.724. The first-order valence-corrected chi connectivity index (χ1v) is 8.67. The quantitative estimate of drug-likeness (QED) is 0.596. The van der Waals surface area contributed by atoms with E-state index in [1.54, 1.807) is 35.0 Å². The molecule has 0 aliphatic carbocycles. The van der Waals surface area contributed by atoms with Gasteiger partial charge in [-0.25, -0.2) is 14.5 Å². The summed E-state index contributed by atoms with van der Waals surface area (Å²) in [5, 5.41) is 14.8. The first-order chi connectivity index (χ1) is 10.6. The summed E-state index contributed by atoms with van der Waals surface area (Å²) in [4.78, 5) is 19.1. The van der Waals surface area contributed by atoms with Crippen LogP contribution in [-0.2, 0) is 13.5 Å². The molecule has 10 heteroatoms. The van der Waals surface area contributed by atoms with Crippen molar-refractivity contribution >= 4 is 29.1 Å². The van der Waals surface area contributed by atoms with E-state index in [-0.39, 0.29) is 6.03 Å². The number of aryl methyl sites for hydroxylation is 2. The number of likely N-dealkylation sites (N-methyl/N-ethyl adjacent to an activating group) is 1. The summed E-state index contributed by atoms with van der Waals surface area (Å²) < 4.78 is 1.61. The predicted octanol–water partition coefficient (Wildman–Crippen LogP) is 0.951. The molecule has 2 rings (SSSR count). The monoisotopic (exact) mass is 341 g/mol. The maximum absolute atomic E-state index is 12.0. The molecule has 2 amide bonds. The van der Waals surface area contributed by atoms with Crippen LogP contribution in [-0.4, -0.2) is 62.0 Å². The molecule has 0 radical (unpaired) electrons. The second-order valence-electron chi connectivity index (χ2n) is 4.70. The zero-order chi connectivity index (χ0) is 15.9. The van der Waals surface area contributed by atoms with E-state index in [0.717, 1.165) is 23.0 Å². The van der Waals surface area contributed by atoms with Gasteiger partial charge in [0.15, 0.2) is 0 Å². The fourth-order valence-electron chi connectivity index (χ4n) is 1.72. The summed E-state index contributed by atoms with van der Waals surface area (Å²) in [6, 6.07) is -0.0705. The lowest BCUT2D eigenvalue weighted by Gasteiger charge is -2.17. The lowest BCUT2D eigenvalue weighted by molar-refractivity contribution is 0.210.